The van der Waals surface area contributed by atoms with E-state index in [2.05, 4.69) is 46.9 Å². The minimum absolute atomic E-state index is 0.0524. The molecule has 30 heavy (non-hydrogen) atoms. The van der Waals surface area contributed by atoms with Gasteiger partial charge in [0.2, 0.25) is 0 Å². The number of carbonyl (C=O) groups is 2. The van der Waals surface area contributed by atoms with Crippen LogP contribution >= 0.6 is 0 Å². The van der Waals surface area contributed by atoms with Crippen molar-refractivity contribution in [2.24, 2.45) is 0 Å². The number of carbonyl (C=O) groups excluding carboxylic acids is 1. The van der Waals surface area contributed by atoms with Crippen LogP contribution in [0.2, 0.25) is 0 Å². The highest BCUT2D eigenvalue weighted by molar-refractivity contribution is 6.07. The Labute approximate surface area is 177 Å². The zero-order valence-corrected chi connectivity index (χ0v) is 17.9. The summed E-state index contributed by atoms with van der Waals surface area (Å²) in [6, 6.07) is 10.5. The van der Waals surface area contributed by atoms with Crippen LogP contribution in [0.25, 0.3) is 0 Å². The summed E-state index contributed by atoms with van der Waals surface area (Å²) >= 11 is 0. The van der Waals surface area contributed by atoms with Crippen molar-refractivity contribution in [3.05, 3.63) is 47.7 Å². The number of nitrogens with one attached hydrogen (secondary N) is 1. The number of aromatic carboxylic acids is 1. The fourth-order valence-electron chi connectivity index (χ4n) is 3.77. The van der Waals surface area contributed by atoms with Gasteiger partial charge in [-0.05, 0) is 51.3 Å². The molecule has 0 spiro atoms. The number of hydrogen-bond donors (Lipinski definition) is 2. The Hall–Kier alpha value is -3.09. The van der Waals surface area contributed by atoms with Crippen LogP contribution in [0.3, 0.4) is 0 Å². The standard InChI is InChI=1S/C23H30N4O3/c1-4-11-27(16(2)3)21-15-17(26-12-7-8-13-26)14-20(24-21)22(28)25-19-10-6-5-9-18(19)23(29)30/h5-6,9-10,14-16H,4,7-8,11-13H2,1-3H3,(H,25,28)(H,29,30). The van der Waals surface area contributed by atoms with Crippen molar-refractivity contribution in [1.29, 1.82) is 0 Å². The first kappa shape index (κ1) is 21.6. The summed E-state index contributed by atoms with van der Waals surface area (Å²) in [4.78, 5) is 33.7. The quantitative estimate of drug-likeness (QED) is 0.676. The number of rotatable bonds is 8. The summed E-state index contributed by atoms with van der Waals surface area (Å²) in [5.41, 5.74) is 1.59. The Morgan fingerprint density at radius 2 is 1.90 bits per heavy atom. The maximum atomic E-state index is 13.1. The molecule has 0 unspecified atom stereocenters. The number of carboxylic acid groups (broad SMARTS) is 1. The van der Waals surface area contributed by atoms with Crippen molar-refractivity contribution in [2.45, 2.75) is 46.1 Å². The van der Waals surface area contributed by atoms with Gasteiger partial charge in [0, 0.05) is 37.4 Å². The molecule has 0 atom stereocenters. The molecule has 1 saturated heterocycles. The van der Waals surface area contributed by atoms with Gasteiger partial charge in [-0.25, -0.2) is 9.78 Å². The third kappa shape index (κ3) is 4.90. The van der Waals surface area contributed by atoms with Crippen LogP contribution in [0.15, 0.2) is 36.4 Å². The summed E-state index contributed by atoms with van der Waals surface area (Å²) in [6.45, 7) is 9.11. The highest BCUT2D eigenvalue weighted by Gasteiger charge is 2.21. The van der Waals surface area contributed by atoms with Crippen LogP contribution in [0.1, 0.15) is 60.9 Å². The molecule has 1 amide bonds. The van der Waals surface area contributed by atoms with Crippen LogP contribution in [-0.4, -0.2) is 47.6 Å². The smallest absolute Gasteiger partial charge is 0.337 e. The molecule has 0 bridgehead atoms. The number of carboxylic acids is 1. The van der Waals surface area contributed by atoms with Crippen LogP contribution < -0.4 is 15.1 Å². The summed E-state index contributed by atoms with van der Waals surface area (Å²) in [7, 11) is 0. The number of amides is 1. The molecular formula is C23H30N4O3. The Bertz CT molecular complexity index is 907. The van der Waals surface area contributed by atoms with Gasteiger partial charge in [0.1, 0.15) is 11.5 Å². The topological polar surface area (TPSA) is 85.8 Å². The monoisotopic (exact) mass is 410 g/mol. The summed E-state index contributed by atoms with van der Waals surface area (Å²) in [5.74, 6) is -0.724. The maximum Gasteiger partial charge on any atom is 0.337 e. The first-order chi connectivity index (χ1) is 14.4. The lowest BCUT2D eigenvalue weighted by Gasteiger charge is -2.29. The van der Waals surface area contributed by atoms with Crippen molar-refractivity contribution in [3.63, 3.8) is 0 Å². The molecule has 0 aliphatic carbocycles. The fraction of sp³-hybridized carbons (Fsp3) is 0.435. The van der Waals surface area contributed by atoms with Crippen molar-refractivity contribution in [1.82, 2.24) is 4.98 Å². The van der Waals surface area contributed by atoms with E-state index in [9.17, 15) is 14.7 Å². The van der Waals surface area contributed by atoms with E-state index in [1.807, 2.05) is 0 Å². The van der Waals surface area contributed by atoms with Crippen molar-refractivity contribution >= 4 is 29.1 Å². The van der Waals surface area contributed by atoms with Gasteiger partial charge in [-0.2, -0.15) is 0 Å². The molecule has 0 saturated carbocycles. The van der Waals surface area contributed by atoms with Crippen LogP contribution in [-0.2, 0) is 0 Å². The Morgan fingerprint density at radius 1 is 1.20 bits per heavy atom. The second-order valence-electron chi connectivity index (χ2n) is 7.85. The van der Waals surface area contributed by atoms with Gasteiger partial charge < -0.3 is 20.2 Å². The first-order valence-corrected chi connectivity index (χ1v) is 10.6. The van der Waals surface area contributed by atoms with E-state index < -0.39 is 11.9 Å². The third-order valence-electron chi connectivity index (χ3n) is 5.29. The number of benzene rings is 1. The lowest BCUT2D eigenvalue weighted by Crippen LogP contribution is -2.33. The lowest BCUT2D eigenvalue weighted by molar-refractivity contribution is 0.0698. The predicted molar refractivity (Wildman–Crippen MR) is 120 cm³/mol. The average molecular weight is 411 g/mol. The Morgan fingerprint density at radius 3 is 2.53 bits per heavy atom. The first-order valence-electron chi connectivity index (χ1n) is 10.6. The zero-order valence-electron chi connectivity index (χ0n) is 17.9. The van der Waals surface area contributed by atoms with Crippen LogP contribution in [0.4, 0.5) is 17.2 Å². The van der Waals surface area contributed by atoms with E-state index in [1.165, 1.54) is 6.07 Å². The molecule has 160 valence electrons. The van der Waals surface area contributed by atoms with E-state index in [1.54, 1.807) is 24.3 Å². The molecule has 2 heterocycles. The minimum atomic E-state index is -1.08. The Balaban J connectivity index is 1.98. The Kier molecular flexibility index (Phi) is 6.92. The van der Waals surface area contributed by atoms with Gasteiger partial charge in [0.15, 0.2) is 0 Å². The predicted octanol–water partition coefficient (Wildman–Crippen LogP) is 4.26. The maximum absolute atomic E-state index is 13.1. The molecule has 1 aromatic heterocycles. The van der Waals surface area contributed by atoms with Crippen molar-refractivity contribution in [2.75, 3.05) is 34.8 Å². The highest BCUT2D eigenvalue weighted by Crippen LogP contribution is 2.27. The number of para-hydroxylation sites is 1. The molecule has 0 radical (unpaired) electrons. The number of aromatic nitrogens is 1. The second kappa shape index (κ2) is 9.61. The number of anilines is 3. The second-order valence-corrected chi connectivity index (χ2v) is 7.85. The summed E-state index contributed by atoms with van der Waals surface area (Å²) < 4.78 is 0. The van der Waals surface area contributed by atoms with Gasteiger partial charge in [-0.1, -0.05) is 19.1 Å². The van der Waals surface area contributed by atoms with E-state index in [4.69, 9.17) is 0 Å². The molecule has 2 aromatic rings. The molecule has 1 aliphatic rings. The van der Waals surface area contributed by atoms with Gasteiger partial charge in [-0.3, -0.25) is 4.79 Å². The van der Waals surface area contributed by atoms with Gasteiger partial charge >= 0.3 is 5.97 Å². The third-order valence-corrected chi connectivity index (χ3v) is 5.29. The molecule has 2 N–H and O–H groups in total. The molecule has 1 aliphatic heterocycles. The zero-order chi connectivity index (χ0) is 21.7. The number of nitrogens with zero attached hydrogens (tertiary/aromatic N) is 3. The van der Waals surface area contributed by atoms with Gasteiger partial charge in [0.25, 0.3) is 5.91 Å². The SMILES string of the molecule is CCCN(c1cc(N2CCCC2)cc(C(=O)Nc2ccccc2C(=O)O)n1)C(C)C. The summed E-state index contributed by atoms with van der Waals surface area (Å²) in [6.07, 6.45) is 3.24. The molecule has 7 nitrogen and oxygen atoms in total. The molecule has 1 fully saturated rings. The lowest BCUT2D eigenvalue weighted by atomic mass is 10.1. The van der Waals surface area contributed by atoms with E-state index in [0.29, 0.717) is 0 Å². The largest absolute Gasteiger partial charge is 0.478 e. The molecule has 3 rings (SSSR count). The average Bonchev–Trinajstić information content (AvgIpc) is 3.26. The number of pyridine rings is 1. The number of hydrogen-bond acceptors (Lipinski definition) is 5. The van der Waals surface area contributed by atoms with Gasteiger partial charge in [0.05, 0.1) is 11.3 Å². The van der Waals surface area contributed by atoms with Crippen molar-refractivity contribution < 1.29 is 14.7 Å². The molecular weight excluding hydrogens is 380 g/mol. The van der Waals surface area contributed by atoms with Crippen LogP contribution in [0, 0.1) is 0 Å². The molecule has 1 aromatic carbocycles. The van der Waals surface area contributed by atoms with Gasteiger partial charge in [-0.15, -0.1) is 0 Å². The van der Waals surface area contributed by atoms with E-state index in [0.717, 1.165) is 50.4 Å². The highest BCUT2D eigenvalue weighted by atomic mass is 16.4. The van der Waals surface area contributed by atoms with Crippen LogP contribution in [0.5, 0.6) is 0 Å². The fourth-order valence-corrected chi connectivity index (χ4v) is 3.77. The van der Waals surface area contributed by atoms with Crippen molar-refractivity contribution in [3.8, 4) is 0 Å². The summed E-state index contributed by atoms with van der Waals surface area (Å²) in [5, 5.41) is 12.1. The normalized spacial score (nSPS) is 13.5. The minimum Gasteiger partial charge on any atom is -0.478 e. The van der Waals surface area contributed by atoms with E-state index >= 15 is 0 Å². The molecule has 7 heteroatoms. The van der Waals surface area contributed by atoms with E-state index in [-0.39, 0.29) is 23.0 Å².